The van der Waals surface area contributed by atoms with E-state index in [9.17, 15) is 14.4 Å². The molecular formula is C21H22ClN3O3. The molecule has 3 amide bonds. The number of para-hydroxylation sites is 1. The smallest absolute Gasteiger partial charge is 0.229 e. The Bertz CT molecular complexity index is 896. The summed E-state index contributed by atoms with van der Waals surface area (Å²) < 4.78 is 0. The first kappa shape index (κ1) is 19.9. The third kappa shape index (κ3) is 4.51. The molecule has 0 aliphatic carbocycles. The molecule has 28 heavy (non-hydrogen) atoms. The molecule has 2 aromatic rings. The summed E-state index contributed by atoms with van der Waals surface area (Å²) in [6.45, 7) is 3.92. The third-order valence-corrected chi connectivity index (χ3v) is 4.90. The normalized spacial score (nSPS) is 16.4. The van der Waals surface area contributed by atoms with Gasteiger partial charge in [-0.15, -0.1) is 0 Å². The molecule has 1 aliphatic rings. The highest BCUT2D eigenvalue weighted by atomic mass is 35.5. The van der Waals surface area contributed by atoms with Gasteiger partial charge in [0.1, 0.15) is 0 Å². The summed E-state index contributed by atoms with van der Waals surface area (Å²) in [5.41, 5.74) is 1.89. The monoisotopic (exact) mass is 399 g/mol. The van der Waals surface area contributed by atoms with Gasteiger partial charge in [-0.1, -0.05) is 37.6 Å². The molecule has 1 fully saturated rings. The number of benzene rings is 2. The number of hydrogen-bond acceptors (Lipinski definition) is 3. The second kappa shape index (κ2) is 8.44. The van der Waals surface area contributed by atoms with Crippen LogP contribution in [0.25, 0.3) is 0 Å². The molecule has 0 aromatic heterocycles. The van der Waals surface area contributed by atoms with Gasteiger partial charge in [0, 0.05) is 30.3 Å². The van der Waals surface area contributed by atoms with Crippen molar-refractivity contribution in [3.05, 3.63) is 53.6 Å². The van der Waals surface area contributed by atoms with Crippen molar-refractivity contribution in [3.63, 3.8) is 0 Å². The van der Waals surface area contributed by atoms with Crippen molar-refractivity contribution < 1.29 is 14.4 Å². The second-order valence-electron chi connectivity index (χ2n) is 7.07. The molecule has 146 valence electrons. The molecule has 0 bridgehead atoms. The lowest BCUT2D eigenvalue weighted by molar-refractivity contribution is -0.122. The summed E-state index contributed by atoms with van der Waals surface area (Å²) in [4.78, 5) is 38.2. The van der Waals surface area contributed by atoms with E-state index in [1.54, 1.807) is 47.4 Å². The van der Waals surface area contributed by atoms with Gasteiger partial charge in [0.15, 0.2) is 0 Å². The number of carbonyl (C=O) groups is 3. The molecule has 2 aromatic carbocycles. The molecule has 0 saturated carbocycles. The quantitative estimate of drug-likeness (QED) is 0.799. The number of carbonyl (C=O) groups excluding carboxylic acids is 3. The predicted molar refractivity (Wildman–Crippen MR) is 110 cm³/mol. The van der Waals surface area contributed by atoms with E-state index in [4.69, 9.17) is 11.6 Å². The topological polar surface area (TPSA) is 78.5 Å². The van der Waals surface area contributed by atoms with Crippen LogP contribution < -0.4 is 15.5 Å². The van der Waals surface area contributed by atoms with E-state index in [0.717, 1.165) is 0 Å². The predicted octanol–water partition coefficient (Wildman–Crippen LogP) is 3.93. The van der Waals surface area contributed by atoms with Crippen molar-refractivity contribution in [2.45, 2.75) is 20.3 Å². The number of anilines is 3. The maximum absolute atomic E-state index is 12.6. The summed E-state index contributed by atoms with van der Waals surface area (Å²) in [6.07, 6.45) is 0.138. The Balaban J connectivity index is 1.62. The van der Waals surface area contributed by atoms with Gasteiger partial charge in [0.25, 0.3) is 0 Å². The molecule has 1 atom stereocenters. The van der Waals surface area contributed by atoms with Crippen LogP contribution in [0.4, 0.5) is 17.1 Å². The van der Waals surface area contributed by atoms with Gasteiger partial charge in [-0.2, -0.15) is 0 Å². The van der Waals surface area contributed by atoms with Crippen LogP contribution in [0, 0.1) is 11.8 Å². The molecule has 3 rings (SSSR count). The van der Waals surface area contributed by atoms with Crippen molar-refractivity contribution >= 4 is 46.4 Å². The first-order valence-corrected chi connectivity index (χ1v) is 9.49. The van der Waals surface area contributed by atoms with Crippen LogP contribution in [0.15, 0.2) is 48.5 Å². The van der Waals surface area contributed by atoms with Crippen molar-refractivity contribution in [3.8, 4) is 0 Å². The van der Waals surface area contributed by atoms with Crippen molar-refractivity contribution in [2.24, 2.45) is 11.8 Å². The number of nitrogens with zero attached hydrogens (tertiary/aromatic N) is 1. The summed E-state index contributed by atoms with van der Waals surface area (Å²) in [5.74, 6) is -0.979. The van der Waals surface area contributed by atoms with Crippen LogP contribution in [-0.4, -0.2) is 24.3 Å². The minimum absolute atomic E-state index is 0.0686. The van der Waals surface area contributed by atoms with Crippen LogP contribution in [0.1, 0.15) is 20.3 Å². The standard InChI is InChI=1S/C21H22ClN3O3/c1-13(2)20(27)23-15-7-9-16(10-8-15)24-21(28)14-11-19(26)25(12-14)18-6-4-3-5-17(18)22/h3-10,13-14H,11-12H2,1-2H3,(H,23,27)(H,24,28). The van der Waals surface area contributed by atoms with E-state index < -0.39 is 5.92 Å². The molecule has 1 heterocycles. The zero-order valence-corrected chi connectivity index (χ0v) is 16.5. The lowest BCUT2D eigenvalue weighted by Gasteiger charge is -2.18. The Morgan fingerprint density at radius 3 is 2.25 bits per heavy atom. The number of rotatable bonds is 5. The Morgan fingerprint density at radius 2 is 1.64 bits per heavy atom. The largest absolute Gasteiger partial charge is 0.326 e. The van der Waals surface area contributed by atoms with Gasteiger partial charge in [-0.3, -0.25) is 14.4 Å². The molecule has 1 saturated heterocycles. The van der Waals surface area contributed by atoms with Gasteiger partial charge >= 0.3 is 0 Å². The van der Waals surface area contributed by atoms with E-state index in [1.807, 2.05) is 19.9 Å². The zero-order chi connectivity index (χ0) is 20.3. The first-order chi connectivity index (χ1) is 13.3. The molecule has 0 spiro atoms. The van der Waals surface area contributed by atoms with E-state index in [2.05, 4.69) is 10.6 Å². The van der Waals surface area contributed by atoms with Crippen LogP contribution in [0.5, 0.6) is 0 Å². The Labute approximate surface area is 168 Å². The molecule has 0 radical (unpaired) electrons. The molecule has 6 nitrogen and oxygen atoms in total. The average molecular weight is 400 g/mol. The molecule has 2 N–H and O–H groups in total. The van der Waals surface area contributed by atoms with Gasteiger partial charge in [0.2, 0.25) is 17.7 Å². The van der Waals surface area contributed by atoms with Gasteiger partial charge in [-0.25, -0.2) is 0 Å². The molecule has 1 aliphatic heterocycles. The lowest BCUT2D eigenvalue weighted by atomic mass is 10.1. The lowest BCUT2D eigenvalue weighted by Crippen LogP contribution is -2.28. The minimum atomic E-state index is -0.455. The summed E-state index contributed by atoms with van der Waals surface area (Å²) in [5, 5.41) is 6.11. The summed E-state index contributed by atoms with van der Waals surface area (Å²) in [7, 11) is 0. The van der Waals surface area contributed by atoms with Crippen molar-refractivity contribution in [1.82, 2.24) is 0 Å². The Kier molecular flexibility index (Phi) is 5.99. The fourth-order valence-corrected chi connectivity index (χ4v) is 3.19. The number of amides is 3. The maximum atomic E-state index is 12.6. The SMILES string of the molecule is CC(C)C(=O)Nc1ccc(NC(=O)C2CC(=O)N(c3ccccc3Cl)C2)cc1. The summed E-state index contributed by atoms with van der Waals surface area (Å²) >= 11 is 6.17. The van der Waals surface area contributed by atoms with Crippen LogP contribution >= 0.6 is 11.6 Å². The molecule has 1 unspecified atom stereocenters. The summed E-state index contributed by atoms with van der Waals surface area (Å²) in [6, 6.07) is 14.0. The van der Waals surface area contributed by atoms with Crippen LogP contribution in [0.3, 0.4) is 0 Å². The fourth-order valence-electron chi connectivity index (χ4n) is 2.95. The van der Waals surface area contributed by atoms with Crippen molar-refractivity contribution in [1.29, 1.82) is 0 Å². The average Bonchev–Trinajstić information content (AvgIpc) is 3.05. The Morgan fingerprint density at radius 1 is 1.04 bits per heavy atom. The number of halogens is 1. The highest BCUT2D eigenvalue weighted by Gasteiger charge is 2.35. The first-order valence-electron chi connectivity index (χ1n) is 9.12. The highest BCUT2D eigenvalue weighted by molar-refractivity contribution is 6.33. The number of nitrogens with one attached hydrogen (secondary N) is 2. The van der Waals surface area contributed by atoms with Crippen molar-refractivity contribution in [2.75, 3.05) is 22.1 Å². The number of hydrogen-bond donors (Lipinski definition) is 2. The van der Waals surface area contributed by atoms with E-state index >= 15 is 0 Å². The van der Waals surface area contributed by atoms with Gasteiger partial charge in [0.05, 0.1) is 16.6 Å². The minimum Gasteiger partial charge on any atom is -0.326 e. The highest BCUT2D eigenvalue weighted by Crippen LogP contribution is 2.31. The van der Waals surface area contributed by atoms with Gasteiger partial charge in [-0.05, 0) is 36.4 Å². The molecular weight excluding hydrogens is 378 g/mol. The van der Waals surface area contributed by atoms with E-state index in [0.29, 0.717) is 22.1 Å². The maximum Gasteiger partial charge on any atom is 0.229 e. The van der Waals surface area contributed by atoms with Crippen LogP contribution in [0.2, 0.25) is 5.02 Å². The zero-order valence-electron chi connectivity index (χ0n) is 15.7. The Hall–Kier alpha value is -2.86. The van der Waals surface area contributed by atoms with Gasteiger partial charge < -0.3 is 15.5 Å². The van der Waals surface area contributed by atoms with Crippen LogP contribution in [-0.2, 0) is 14.4 Å². The molecule has 7 heteroatoms. The third-order valence-electron chi connectivity index (χ3n) is 4.58. The second-order valence-corrected chi connectivity index (χ2v) is 7.47. The fraction of sp³-hybridized carbons (Fsp3) is 0.286. The van der Waals surface area contributed by atoms with E-state index in [-0.39, 0.29) is 36.6 Å². The van der Waals surface area contributed by atoms with E-state index in [1.165, 1.54) is 0 Å².